The molecule has 0 bridgehead atoms. The highest BCUT2D eigenvalue weighted by atomic mass is 35.5. The average Bonchev–Trinajstić information content (AvgIpc) is 3.10. The second kappa shape index (κ2) is 9.72. The molecule has 33 heavy (non-hydrogen) atoms. The summed E-state index contributed by atoms with van der Waals surface area (Å²) in [6.07, 6.45) is 1.19. The van der Waals surface area contributed by atoms with Crippen LogP contribution in [0.15, 0.2) is 29.2 Å². The minimum absolute atomic E-state index is 0.123. The number of carboxylic acid groups (broad SMARTS) is 1. The maximum absolute atomic E-state index is 12.5. The van der Waals surface area contributed by atoms with E-state index in [0.29, 0.717) is 67.1 Å². The van der Waals surface area contributed by atoms with E-state index in [1.54, 1.807) is 16.7 Å². The first-order chi connectivity index (χ1) is 15.8. The Balaban J connectivity index is 1.61. The molecule has 0 spiro atoms. The fraction of sp³-hybridized carbons (Fsp3) is 0.478. The average molecular weight is 479 g/mol. The van der Waals surface area contributed by atoms with E-state index in [9.17, 15) is 19.8 Å². The molecule has 1 aromatic heterocycles. The van der Waals surface area contributed by atoms with E-state index in [4.69, 9.17) is 25.8 Å². The van der Waals surface area contributed by atoms with Gasteiger partial charge in [-0.2, -0.15) is 0 Å². The molecule has 2 aliphatic rings. The molecule has 0 amide bonds. The quantitative estimate of drug-likeness (QED) is 0.584. The predicted molar refractivity (Wildman–Crippen MR) is 121 cm³/mol. The van der Waals surface area contributed by atoms with Crippen molar-refractivity contribution in [2.45, 2.75) is 32.7 Å². The van der Waals surface area contributed by atoms with Gasteiger partial charge in [0.2, 0.25) is 6.41 Å². The Morgan fingerprint density at radius 2 is 2.12 bits per heavy atom. The van der Waals surface area contributed by atoms with Gasteiger partial charge in [-0.1, -0.05) is 25.4 Å². The number of aliphatic hydroxyl groups is 1. The summed E-state index contributed by atoms with van der Waals surface area (Å²) in [7, 11) is 0. The van der Waals surface area contributed by atoms with Crippen molar-refractivity contribution in [2.75, 3.05) is 32.9 Å². The third-order valence-corrected chi connectivity index (χ3v) is 6.26. The van der Waals surface area contributed by atoms with E-state index in [2.05, 4.69) is 0 Å². The summed E-state index contributed by atoms with van der Waals surface area (Å²) < 4.78 is 18.8. The molecule has 10 heteroatoms. The number of ether oxygens (including phenoxy) is 3. The fourth-order valence-corrected chi connectivity index (χ4v) is 4.32. The summed E-state index contributed by atoms with van der Waals surface area (Å²) in [6, 6.07) is 4.53. The molecule has 1 fully saturated rings. The van der Waals surface area contributed by atoms with Crippen molar-refractivity contribution < 1.29 is 29.2 Å². The maximum Gasteiger partial charge on any atom is 0.341 e. The molecular formula is C23H27ClN2O7. The number of aromatic carboxylic acids is 1. The van der Waals surface area contributed by atoms with Gasteiger partial charge < -0.3 is 29.0 Å². The van der Waals surface area contributed by atoms with Crippen LogP contribution in [-0.4, -0.2) is 65.0 Å². The number of carbonyl (C=O) groups is 1. The van der Waals surface area contributed by atoms with E-state index < -0.39 is 17.8 Å². The number of aromatic nitrogens is 1. The zero-order valence-corrected chi connectivity index (χ0v) is 19.2. The van der Waals surface area contributed by atoms with Crippen LogP contribution in [-0.2, 0) is 4.74 Å². The first-order valence-electron chi connectivity index (χ1n) is 10.9. The number of hydrogen-bond donors (Lipinski definition) is 2. The Hall–Kier alpha value is -2.59. The number of pyridine rings is 1. The lowest BCUT2D eigenvalue weighted by Crippen LogP contribution is -2.31. The smallest absolute Gasteiger partial charge is 0.341 e. The second-order valence-electron chi connectivity index (χ2n) is 8.49. The monoisotopic (exact) mass is 478 g/mol. The van der Waals surface area contributed by atoms with Crippen LogP contribution >= 0.6 is 11.6 Å². The first-order valence-corrected chi connectivity index (χ1v) is 11.3. The molecule has 2 atom stereocenters. The minimum atomic E-state index is -1.27. The van der Waals surface area contributed by atoms with Gasteiger partial charge in [-0.05, 0) is 18.4 Å². The molecule has 2 N–H and O–H groups in total. The topological polar surface area (TPSA) is 110 Å². The number of nitrogens with zero attached hydrogens (tertiary/aromatic N) is 2. The molecule has 178 valence electrons. The Bertz CT molecular complexity index is 1100. The zero-order chi connectivity index (χ0) is 23.7. The molecule has 2 aliphatic heterocycles. The number of carboxylic acids is 1. The third kappa shape index (κ3) is 4.86. The van der Waals surface area contributed by atoms with Gasteiger partial charge in [0.1, 0.15) is 23.7 Å². The molecule has 0 radical (unpaired) electrons. The fourth-order valence-electron chi connectivity index (χ4n) is 4.10. The molecule has 0 aliphatic carbocycles. The lowest BCUT2D eigenvalue weighted by Gasteiger charge is -2.24. The van der Waals surface area contributed by atoms with Gasteiger partial charge in [0, 0.05) is 37.0 Å². The van der Waals surface area contributed by atoms with Crippen molar-refractivity contribution in [1.29, 1.82) is 0 Å². The van der Waals surface area contributed by atoms with Crippen LogP contribution in [0.1, 0.15) is 36.7 Å². The van der Waals surface area contributed by atoms with Gasteiger partial charge in [0.15, 0.2) is 5.43 Å². The molecule has 4 rings (SSSR count). The van der Waals surface area contributed by atoms with E-state index in [0.717, 1.165) is 0 Å². The summed E-state index contributed by atoms with van der Waals surface area (Å²) in [6.45, 7) is 6.51. The van der Waals surface area contributed by atoms with Gasteiger partial charge in [0.05, 0.1) is 30.0 Å². The Labute approximate surface area is 196 Å². The molecule has 0 saturated carbocycles. The molecule has 3 heterocycles. The van der Waals surface area contributed by atoms with Crippen LogP contribution in [0, 0.1) is 5.92 Å². The molecule has 1 saturated heterocycles. The van der Waals surface area contributed by atoms with E-state index in [1.165, 1.54) is 12.3 Å². The van der Waals surface area contributed by atoms with Gasteiger partial charge in [-0.25, -0.2) is 4.79 Å². The van der Waals surface area contributed by atoms with Crippen molar-refractivity contribution in [3.05, 3.63) is 45.2 Å². The normalized spacial score (nSPS) is 20.2. The number of halogens is 1. The highest BCUT2D eigenvalue weighted by molar-refractivity contribution is 6.32. The highest BCUT2D eigenvalue weighted by Gasteiger charge is 2.28. The van der Waals surface area contributed by atoms with Crippen molar-refractivity contribution >= 4 is 17.6 Å². The summed E-state index contributed by atoms with van der Waals surface area (Å²) in [5.41, 5.74) is 0.288. The van der Waals surface area contributed by atoms with Crippen LogP contribution in [0.25, 0.3) is 11.3 Å². The second-order valence-corrected chi connectivity index (χ2v) is 8.89. The highest BCUT2D eigenvalue weighted by Crippen LogP contribution is 2.42. The molecular weight excluding hydrogens is 452 g/mol. The largest absolute Gasteiger partial charge is 0.492 e. The Morgan fingerprint density at radius 1 is 1.33 bits per heavy atom. The van der Waals surface area contributed by atoms with Crippen LogP contribution in [0.4, 0.5) is 0 Å². The van der Waals surface area contributed by atoms with Crippen LogP contribution < -0.4 is 14.9 Å². The van der Waals surface area contributed by atoms with Crippen molar-refractivity contribution in [3.63, 3.8) is 0 Å². The minimum Gasteiger partial charge on any atom is -0.492 e. The van der Waals surface area contributed by atoms with Crippen LogP contribution in [0.2, 0.25) is 5.02 Å². The van der Waals surface area contributed by atoms with Crippen LogP contribution in [0.3, 0.4) is 0 Å². The van der Waals surface area contributed by atoms with Crippen molar-refractivity contribution in [1.82, 2.24) is 9.47 Å². The molecule has 2 aromatic rings. The maximum atomic E-state index is 12.5. The summed E-state index contributed by atoms with van der Waals surface area (Å²) in [4.78, 5) is 25.8. The SMILES string of the molecule is CC(C)[C@@H]1COc2cc(OCCCN3CCOC3O)c(Cl)cc2-c2cc(=O)c(C(=O)O)cn21. The number of aliphatic hydroxyl groups excluding tert-OH is 1. The summed E-state index contributed by atoms with van der Waals surface area (Å²) in [5.74, 6) is -0.180. The van der Waals surface area contributed by atoms with E-state index >= 15 is 0 Å². The molecule has 1 aromatic carbocycles. The van der Waals surface area contributed by atoms with E-state index in [-0.39, 0.29) is 17.5 Å². The predicted octanol–water partition coefficient (Wildman–Crippen LogP) is 2.83. The molecule has 1 unspecified atom stereocenters. The zero-order valence-electron chi connectivity index (χ0n) is 18.5. The standard InChI is InChI=1S/C23H27ClN2O7/c1-13(2)18-12-33-20-10-21(31-6-3-4-25-5-7-32-23(25)30)16(24)8-14(20)17-9-19(27)15(22(28)29)11-26(17)18/h8-11,13,18,23,30H,3-7,12H2,1-2H3,(H,28,29)/t18-,23?/m0/s1. The lowest BCUT2D eigenvalue weighted by molar-refractivity contribution is -0.133. The lowest BCUT2D eigenvalue weighted by atomic mass is 10.0. The van der Waals surface area contributed by atoms with E-state index in [1.807, 2.05) is 18.7 Å². The molecule has 9 nitrogen and oxygen atoms in total. The van der Waals surface area contributed by atoms with Crippen molar-refractivity contribution in [3.8, 4) is 22.8 Å². The number of benzene rings is 1. The van der Waals surface area contributed by atoms with Gasteiger partial charge >= 0.3 is 5.97 Å². The number of fused-ring (bicyclic) bond motifs is 3. The summed E-state index contributed by atoms with van der Waals surface area (Å²) >= 11 is 6.50. The first kappa shape index (κ1) is 23.6. The number of rotatable bonds is 7. The van der Waals surface area contributed by atoms with Gasteiger partial charge in [0.25, 0.3) is 0 Å². The Kier molecular flexibility index (Phi) is 6.94. The Morgan fingerprint density at radius 3 is 2.79 bits per heavy atom. The van der Waals surface area contributed by atoms with Gasteiger partial charge in [-0.15, -0.1) is 0 Å². The third-order valence-electron chi connectivity index (χ3n) is 5.96. The number of hydrogen-bond acceptors (Lipinski definition) is 7. The van der Waals surface area contributed by atoms with Gasteiger partial charge in [-0.3, -0.25) is 9.69 Å². The summed E-state index contributed by atoms with van der Waals surface area (Å²) in [5, 5.41) is 19.5. The van der Waals surface area contributed by atoms with Crippen molar-refractivity contribution in [2.24, 2.45) is 5.92 Å². The van der Waals surface area contributed by atoms with Crippen LogP contribution in [0.5, 0.6) is 11.5 Å².